The van der Waals surface area contributed by atoms with E-state index in [2.05, 4.69) is 27.3 Å². The predicted octanol–water partition coefficient (Wildman–Crippen LogP) is 3.04. The summed E-state index contributed by atoms with van der Waals surface area (Å²) in [5.41, 5.74) is 1.24. The highest BCUT2D eigenvalue weighted by Gasteiger charge is 2.16. The Morgan fingerprint density at radius 1 is 1.25 bits per heavy atom. The molecule has 0 fully saturated rings. The Hall–Kier alpha value is -0.390. The summed E-state index contributed by atoms with van der Waals surface area (Å²) in [6.45, 7) is 2.74. The Morgan fingerprint density at radius 3 is 2.55 bits per heavy atom. The van der Waals surface area contributed by atoms with Crippen molar-refractivity contribution in [3.05, 3.63) is 34.3 Å². The summed E-state index contributed by atoms with van der Waals surface area (Å²) in [6, 6.07) is 8.13. The van der Waals surface area contributed by atoms with Gasteiger partial charge in [-0.3, -0.25) is 0 Å². The lowest BCUT2D eigenvalue weighted by molar-refractivity contribution is 0.477. The molecule has 0 saturated carbocycles. The molecule has 1 unspecified atom stereocenters. The quantitative estimate of drug-likeness (QED) is 0.735. The molecule has 0 heterocycles. The number of hydrogen-bond acceptors (Lipinski definition) is 3. The van der Waals surface area contributed by atoms with Gasteiger partial charge in [0, 0.05) is 10.2 Å². The topological polar surface area (TPSA) is 46.2 Å². The van der Waals surface area contributed by atoms with E-state index in [0.29, 0.717) is 24.5 Å². The van der Waals surface area contributed by atoms with Gasteiger partial charge in [0.05, 0.1) is 5.75 Å². The van der Waals surface area contributed by atoms with Gasteiger partial charge in [-0.1, -0.05) is 41.1 Å². The Bertz CT molecular complexity index is 502. The Morgan fingerprint density at radius 2 is 1.95 bits per heavy atom. The minimum atomic E-state index is -2.89. The van der Waals surface area contributed by atoms with Crippen LogP contribution in [0.25, 0.3) is 0 Å². The molecular weight excluding hydrogens is 338 g/mol. The summed E-state index contributed by atoms with van der Waals surface area (Å²) in [4.78, 5) is 0. The third-order valence-electron chi connectivity index (χ3n) is 3.31. The summed E-state index contributed by atoms with van der Waals surface area (Å²) in [5.74, 6) is 0.928. The molecule has 0 spiro atoms. The lowest BCUT2D eigenvalue weighted by Gasteiger charge is -2.17. The van der Waals surface area contributed by atoms with Crippen molar-refractivity contribution in [3.63, 3.8) is 0 Å². The molecule has 1 aromatic carbocycles. The molecule has 1 N–H and O–H groups in total. The van der Waals surface area contributed by atoms with Crippen molar-refractivity contribution in [2.24, 2.45) is 5.92 Å². The molecule has 1 aromatic rings. The van der Waals surface area contributed by atoms with Gasteiger partial charge in [0.1, 0.15) is 9.84 Å². The first-order valence-corrected chi connectivity index (χ1v) is 9.68. The molecule has 0 aliphatic rings. The zero-order valence-corrected chi connectivity index (χ0v) is 14.6. The fraction of sp³-hybridized carbons (Fsp3) is 0.600. The molecule has 5 heteroatoms. The van der Waals surface area contributed by atoms with Crippen LogP contribution < -0.4 is 5.32 Å². The van der Waals surface area contributed by atoms with Crippen LogP contribution in [0.1, 0.15) is 25.3 Å². The number of sulfone groups is 1. The Kier molecular flexibility index (Phi) is 7.77. The van der Waals surface area contributed by atoms with Crippen LogP contribution in [-0.4, -0.2) is 33.5 Å². The minimum absolute atomic E-state index is 0.289. The monoisotopic (exact) mass is 361 g/mol. The highest BCUT2D eigenvalue weighted by molar-refractivity contribution is 9.10. The maximum absolute atomic E-state index is 11.8. The van der Waals surface area contributed by atoms with Gasteiger partial charge in [0.2, 0.25) is 0 Å². The third-order valence-corrected chi connectivity index (χ3v) is 5.97. The highest BCUT2D eigenvalue weighted by Crippen LogP contribution is 2.21. The van der Waals surface area contributed by atoms with Crippen LogP contribution in [0, 0.1) is 5.92 Å². The number of hydrogen-bond donors (Lipinski definition) is 1. The molecule has 0 aliphatic heterocycles. The zero-order chi connectivity index (χ0) is 15.0. The van der Waals surface area contributed by atoms with Crippen molar-refractivity contribution < 1.29 is 8.42 Å². The zero-order valence-electron chi connectivity index (χ0n) is 12.2. The van der Waals surface area contributed by atoms with Gasteiger partial charge >= 0.3 is 0 Å². The summed E-state index contributed by atoms with van der Waals surface area (Å²) in [5, 5.41) is 3.17. The van der Waals surface area contributed by atoms with Gasteiger partial charge in [0.25, 0.3) is 0 Å². The van der Waals surface area contributed by atoms with E-state index < -0.39 is 9.84 Å². The molecule has 114 valence electrons. The maximum atomic E-state index is 11.8. The average molecular weight is 362 g/mol. The van der Waals surface area contributed by atoms with E-state index in [-0.39, 0.29) is 5.75 Å². The van der Waals surface area contributed by atoms with Crippen LogP contribution in [0.15, 0.2) is 28.7 Å². The molecule has 0 amide bonds. The smallest absolute Gasteiger partial charge is 0.150 e. The van der Waals surface area contributed by atoms with E-state index in [1.807, 2.05) is 32.2 Å². The van der Waals surface area contributed by atoms with Crippen molar-refractivity contribution in [2.45, 2.75) is 26.2 Å². The van der Waals surface area contributed by atoms with Crippen molar-refractivity contribution >= 4 is 25.8 Å². The van der Waals surface area contributed by atoms with Crippen LogP contribution in [0.2, 0.25) is 0 Å². The first-order chi connectivity index (χ1) is 9.48. The second-order valence-corrected chi connectivity index (χ2v) is 8.32. The lowest BCUT2D eigenvalue weighted by Crippen LogP contribution is -2.24. The number of benzene rings is 1. The van der Waals surface area contributed by atoms with Crippen LogP contribution >= 0.6 is 15.9 Å². The fourth-order valence-corrected chi connectivity index (χ4v) is 4.26. The van der Waals surface area contributed by atoms with Gasteiger partial charge < -0.3 is 5.32 Å². The molecule has 0 aromatic heterocycles. The molecule has 1 rings (SSSR count). The molecule has 0 saturated heterocycles. The SMILES string of the molecule is CCCS(=O)(=O)CCC(CNC)Cc1ccccc1Br. The van der Waals surface area contributed by atoms with Crippen molar-refractivity contribution in [2.75, 3.05) is 25.1 Å². The van der Waals surface area contributed by atoms with Gasteiger partial charge in [-0.15, -0.1) is 0 Å². The molecular formula is C15H24BrNO2S. The second kappa shape index (κ2) is 8.80. The number of halogens is 1. The summed E-state index contributed by atoms with van der Waals surface area (Å²) < 4.78 is 24.8. The Balaban J connectivity index is 2.63. The maximum Gasteiger partial charge on any atom is 0.150 e. The van der Waals surface area contributed by atoms with E-state index >= 15 is 0 Å². The van der Waals surface area contributed by atoms with Crippen LogP contribution in [0.4, 0.5) is 0 Å². The van der Waals surface area contributed by atoms with Crippen molar-refractivity contribution in [1.82, 2.24) is 5.32 Å². The molecule has 1 atom stereocenters. The summed E-state index contributed by atoms with van der Waals surface area (Å²) in [7, 11) is -0.977. The van der Waals surface area contributed by atoms with Gasteiger partial charge in [-0.2, -0.15) is 0 Å². The highest BCUT2D eigenvalue weighted by atomic mass is 79.9. The van der Waals surface area contributed by atoms with Crippen LogP contribution in [0.5, 0.6) is 0 Å². The average Bonchev–Trinajstić information content (AvgIpc) is 2.39. The number of rotatable bonds is 9. The Labute approximate surface area is 131 Å². The fourth-order valence-electron chi connectivity index (χ4n) is 2.30. The van der Waals surface area contributed by atoms with Crippen molar-refractivity contribution in [3.8, 4) is 0 Å². The first kappa shape index (κ1) is 17.7. The molecule has 20 heavy (non-hydrogen) atoms. The number of nitrogens with one attached hydrogen (secondary N) is 1. The van der Waals surface area contributed by atoms with E-state index in [1.54, 1.807) is 0 Å². The normalized spacial score (nSPS) is 13.3. The van der Waals surface area contributed by atoms with E-state index in [9.17, 15) is 8.42 Å². The second-order valence-electron chi connectivity index (χ2n) is 5.16. The molecule has 0 radical (unpaired) electrons. The third kappa shape index (κ3) is 6.37. The van der Waals surface area contributed by atoms with E-state index in [0.717, 1.165) is 17.4 Å². The standard InChI is InChI=1S/C15H24BrNO2S/c1-3-9-20(18,19)10-8-13(12-17-2)11-14-6-4-5-7-15(14)16/h4-7,13,17H,3,8-12H2,1-2H3. The van der Waals surface area contributed by atoms with Gasteiger partial charge in [-0.05, 0) is 50.4 Å². The summed E-state index contributed by atoms with van der Waals surface area (Å²) in [6.07, 6.45) is 2.30. The van der Waals surface area contributed by atoms with Gasteiger partial charge in [0.15, 0.2) is 0 Å². The predicted molar refractivity (Wildman–Crippen MR) is 88.8 cm³/mol. The summed E-state index contributed by atoms with van der Waals surface area (Å²) >= 11 is 3.55. The van der Waals surface area contributed by atoms with Crippen molar-refractivity contribution in [1.29, 1.82) is 0 Å². The van der Waals surface area contributed by atoms with E-state index in [1.165, 1.54) is 5.56 Å². The first-order valence-electron chi connectivity index (χ1n) is 7.07. The lowest BCUT2D eigenvalue weighted by atomic mass is 9.97. The molecule has 0 bridgehead atoms. The minimum Gasteiger partial charge on any atom is -0.319 e. The van der Waals surface area contributed by atoms with Crippen LogP contribution in [-0.2, 0) is 16.3 Å². The molecule has 3 nitrogen and oxygen atoms in total. The van der Waals surface area contributed by atoms with Gasteiger partial charge in [-0.25, -0.2) is 8.42 Å². The van der Waals surface area contributed by atoms with Crippen LogP contribution in [0.3, 0.4) is 0 Å². The van der Waals surface area contributed by atoms with E-state index in [4.69, 9.17) is 0 Å². The molecule has 0 aliphatic carbocycles. The largest absolute Gasteiger partial charge is 0.319 e.